The van der Waals surface area contributed by atoms with Crippen molar-refractivity contribution in [2.45, 2.75) is 39.8 Å². The number of hydrogen-bond donors (Lipinski definition) is 0. The van der Waals surface area contributed by atoms with Crippen molar-refractivity contribution in [1.29, 1.82) is 0 Å². The van der Waals surface area contributed by atoms with E-state index in [1.807, 2.05) is 43.3 Å². The second-order valence-corrected chi connectivity index (χ2v) is 9.54. The van der Waals surface area contributed by atoms with Crippen LogP contribution in [0.2, 0.25) is 5.02 Å². The Morgan fingerprint density at radius 1 is 1.18 bits per heavy atom. The highest BCUT2D eigenvalue weighted by Gasteiger charge is 2.33. The number of carbonyl (C=O) groups excluding carboxylic acids is 1. The van der Waals surface area contributed by atoms with Crippen LogP contribution >= 0.6 is 22.9 Å². The van der Waals surface area contributed by atoms with Crippen LogP contribution < -0.4 is 19.6 Å². The number of benzene rings is 2. The Bertz CT molecular complexity index is 1420. The Morgan fingerprint density at radius 2 is 1.85 bits per heavy atom. The standard InChI is InChI=1S/C26H25ClN2O4S/c1-5-32-20-12-8-18(9-13-20)23-22(25(31)33-15(2)3)16(4)28-26-29(23)24(30)21(34-26)14-17-6-10-19(27)11-7-17/h6-15,23H,5H2,1-4H3/b21-14+/t23-/m0/s1. The van der Waals surface area contributed by atoms with Gasteiger partial charge in [0.2, 0.25) is 0 Å². The van der Waals surface area contributed by atoms with E-state index in [1.54, 1.807) is 43.5 Å². The van der Waals surface area contributed by atoms with Crippen molar-refractivity contribution in [3.63, 3.8) is 0 Å². The molecule has 1 aliphatic heterocycles. The second-order valence-electron chi connectivity index (χ2n) is 8.09. The third kappa shape index (κ3) is 4.86. The molecule has 2 heterocycles. The van der Waals surface area contributed by atoms with Crippen molar-refractivity contribution in [2.75, 3.05) is 6.61 Å². The molecular formula is C26H25ClN2O4S. The quantitative estimate of drug-likeness (QED) is 0.479. The summed E-state index contributed by atoms with van der Waals surface area (Å²) in [5, 5.41) is 0.623. The van der Waals surface area contributed by atoms with Gasteiger partial charge in [-0.05, 0) is 69.2 Å². The van der Waals surface area contributed by atoms with Crippen molar-refractivity contribution in [2.24, 2.45) is 4.99 Å². The van der Waals surface area contributed by atoms with Gasteiger partial charge in [0.25, 0.3) is 5.56 Å². The maximum atomic E-state index is 13.6. The van der Waals surface area contributed by atoms with Crippen LogP contribution in [-0.4, -0.2) is 23.2 Å². The first-order valence-electron chi connectivity index (χ1n) is 11.0. The molecule has 0 N–H and O–H groups in total. The fraction of sp³-hybridized carbons (Fsp3) is 0.269. The first kappa shape index (κ1) is 24.0. The van der Waals surface area contributed by atoms with Gasteiger partial charge in [-0.1, -0.05) is 47.2 Å². The van der Waals surface area contributed by atoms with E-state index in [2.05, 4.69) is 4.99 Å². The van der Waals surface area contributed by atoms with Crippen molar-refractivity contribution in [3.05, 3.63) is 95.6 Å². The number of aromatic nitrogens is 1. The molecule has 0 saturated heterocycles. The topological polar surface area (TPSA) is 69.9 Å². The molecule has 4 rings (SSSR count). The Morgan fingerprint density at radius 3 is 2.47 bits per heavy atom. The van der Waals surface area contributed by atoms with Crippen molar-refractivity contribution in [1.82, 2.24) is 4.57 Å². The smallest absolute Gasteiger partial charge is 0.338 e. The van der Waals surface area contributed by atoms with Crippen LogP contribution in [0.4, 0.5) is 0 Å². The van der Waals surface area contributed by atoms with Gasteiger partial charge in [-0.25, -0.2) is 9.79 Å². The zero-order valence-corrected chi connectivity index (χ0v) is 20.9. The number of rotatable bonds is 6. The molecule has 0 radical (unpaired) electrons. The molecule has 0 spiro atoms. The first-order chi connectivity index (χ1) is 16.3. The lowest BCUT2D eigenvalue weighted by Gasteiger charge is -2.25. The van der Waals surface area contributed by atoms with Gasteiger partial charge in [0.15, 0.2) is 4.80 Å². The molecular weight excluding hydrogens is 472 g/mol. The van der Waals surface area contributed by atoms with Crippen LogP contribution in [0.15, 0.2) is 69.6 Å². The van der Waals surface area contributed by atoms with E-state index in [0.717, 1.165) is 11.1 Å². The summed E-state index contributed by atoms with van der Waals surface area (Å²) >= 11 is 7.28. The number of carbonyl (C=O) groups is 1. The highest BCUT2D eigenvalue weighted by atomic mass is 35.5. The van der Waals surface area contributed by atoms with Crippen molar-refractivity contribution >= 4 is 35.0 Å². The minimum absolute atomic E-state index is 0.222. The molecule has 6 nitrogen and oxygen atoms in total. The van der Waals surface area contributed by atoms with E-state index >= 15 is 0 Å². The Labute approximate surface area is 206 Å². The zero-order chi connectivity index (χ0) is 24.4. The highest BCUT2D eigenvalue weighted by molar-refractivity contribution is 7.07. The molecule has 3 aromatic rings. The normalized spacial score (nSPS) is 15.8. The number of esters is 1. The van der Waals surface area contributed by atoms with E-state index in [0.29, 0.717) is 38.0 Å². The molecule has 1 aromatic heterocycles. The summed E-state index contributed by atoms with van der Waals surface area (Å²) in [6, 6.07) is 14.0. The van der Waals surface area contributed by atoms with Crippen LogP contribution in [0.5, 0.6) is 5.75 Å². The second kappa shape index (κ2) is 9.99. The number of thiazole rings is 1. The Balaban J connectivity index is 1.90. The summed E-state index contributed by atoms with van der Waals surface area (Å²) in [7, 11) is 0. The van der Waals surface area contributed by atoms with Crippen LogP contribution in [0.3, 0.4) is 0 Å². The van der Waals surface area contributed by atoms with Crippen LogP contribution in [-0.2, 0) is 9.53 Å². The van der Waals surface area contributed by atoms with Gasteiger partial charge in [-0.3, -0.25) is 9.36 Å². The summed E-state index contributed by atoms with van der Waals surface area (Å²) in [6.07, 6.45) is 1.50. The zero-order valence-electron chi connectivity index (χ0n) is 19.4. The Kier molecular flexibility index (Phi) is 7.05. The minimum atomic E-state index is -0.662. The molecule has 0 unspecified atom stereocenters. The largest absolute Gasteiger partial charge is 0.494 e. The summed E-state index contributed by atoms with van der Waals surface area (Å²) in [6.45, 7) is 7.82. The van der Waals surface area contributed by atoms with E-state index in [-0.39, 0.29) is 11.7 Å². The molecule has 0 aliphatic carbocycles. The fourth-order valence-electron chi connectivity index (χ4n) is 3.80. The van der Waals surface area contributed by atoms with Crippen molar-refractivity contribution in [3.8, 4) is 5.75 Å². The maximum absolute atomic E-state index is 13.6. The lowest BCUT2D eigenvalue weighted by atomic mass is 9.96. The monoisotopic (exact) mass is 496 g/mol. The average Bonchev–Trinajstić information content (AvgIpc) is 3.09. The fourth-order valence-corrected chi connectivity index (χ4v) is 4.97. The molecule has 1 aliphatic rings. The van der Waals surface area contributed by atoms with Gasteiger partial charge in [-0.2, -0.15) is 0 Å². The molecule has 0 bridgehead atoms. The molecule has 0 saturated carbocycles. The van der Waals surface area contributed by atoms with E-state index < -0.39 is 12.0 Å². The number of allylic oxidation sites excluding steroid dienone is 1. The van der Waals surface area contributed by atoms with Gasteiger partial charge in [0.05, 0.1) is 34.6 Å². The average molecular weight is 497 g/mol. The summed E-state index contributed by atoms with van der Waals surface area (Å²) in [5.41, 5.74) is 2.28. The van der Waals surface area contributed by atoms with E-state index in [9.17, 15) is 9.59 Å². The van der Waals surface area contributed by atoms with Crippen LogP contribution in [0.1, 0.15) is 44.9 Å². The van der Waals surface area contributed by atoms with Gasteiger partial charge in [-0.15, -0.1) is 0 Å². The number of fused-ring (bicyclic) bond motifs is 1. The molecule has 176 valence electrons. The molecule has 2 aromatic carbocycles. The van der Waals surface area contributed by atoms with E-state index in [1.165, 1.54) is 11.3 Å². The number of halogens is 1. The molecule has 34 heavy (non-hydrogen) atoms. The van der Waals surface area contributed by atoms with Gasteiger partial charge in [0.1, 0.15) is 5.75 Å². The predicted octanol–water partition coefficient (Wildman–Crippen LogP) is 4.24. The third-order valence-corrected chi connectivity index (χ3v) is 6.49. The molecule has 1 atom stereocenters. The molecule has 8 heteroatoms. The van der Waals surface area contributed by atoms with Gasteiger partial charge in [0, 0.05) is 5.02 Å². The maximum Gasteiger partial charge on any atom is 0.338 e. The van der Waals surface area contributed by atoms with Crippen LogP contribution in [0, 0.1) is 0 Å². The van der Waals surface area contributed by atoms with Crippen molar-refractivity contribution < 1.29 is 14.3 Å². The van der Waals surface area contributed by atoms with Gasteiger partial charge < -0.3 is 9.47 Å². The first-order valence-corrected chi connectivity index (χ1v) is 12.2. The van der Waals surface area contributed by atoms with Gasteiger partial charge >= 0.3 is 5.97 Å². The summed E-state index contributed by atoms with van der Waals surface area (Å²) in [5.74, 6) is 0.232. The number of nitrogens with zero attached hydrogens (tertiary/aromatic N) is 2. The SMILES string of the molecule is CCOc1ccc([C@H]2C(C(=O)OC(C)C)=C(C)N=c3s/c(=C/c4ccc(Cl)cc4)c(=O)n32)cc1. The van der Waals surface area contributed by atoms with E-state index in [4.69, 9.17) is 21.1 Å². The van der Waals surface area contributed by atoms with Crippen LogP contribution in [0.25, 0.3) is 6.08 Å². The lowest BCUT2D eigenvalue weighted by molar-refractivity contribution is -0.143. The molecule has 0 amide bonds. The Hall–Kier alpha value is -3.16. The lowest BCUT2D eigenvalue weighted by Crippen LogP contribution is -2.40. The number of hydrogen-bond acceptors (Lipinski definition) is 6. The summed E-state index contributed by atoms with van der Waals surface area (Å²) < 4.78 is 13.2. The predicted molar refractivity (Wildman–Crippen MR) is 134 cm³/mol. The minimum Gasteiger partial charge on any atom is -0.494 e. The third-order valence-electron chi connectivity index (χ3n) is 5.26. The summed E-state index contributed by atoms with van der Waals surface area (Å²) in [4.78, 5) is 31.9. The number of ether oxygens (including phenoxy) is 2. The molecule has 0 fully saturated rings. The highest BCUT2D eigenvalue weighted by Crippen LogP contribution is 2.32.